The first-order valence-corrected chi connectivity index (χ1v) is 6.24. The summed E-state index contributed by atoms with van der Waals surface area (Å²) in [4.78, 5) is 0. The van der Waals surface area contributed by atoms with Gasteiger partial charge in [0.25, 0.3) is 0 Å². The smallest absolute Gasteiger partial charge is 0.137 e. The van der Waals surface area contributed by atoms with Crippen molar-refractivity contribution >= 4 is 15.9 Å². The molecule has 1 aromatic carbocycles. The molecule has 0 aromatic heterocycles. The number of aliphatic hydroxyl groups is 1. The van der Waals surface area contributed by atoms with Gasteiger partial charge in [0.15, 0.2) is 0 Å². The summed E-state index contributed by atoms with van der Waals surface area (Å²) in [5, 5.41) is 12.3. The summed E-state index contributed by atoms with van der Waals surface area (Å²) < 4.78 is 18.7. The van der Waals surface area contributed by atoms with Gasteiger partial charge in [-0.3, -0.25) is 0 Å². The van der Waals surface area contributed by atoms with Crippen LogP contribution >= 0.6 is 15.9 Å². The molecular weight excluding hydrogens is 289 g/mol. The zero-order valence-electron chi connectivity index (χ0n) is 9.75. The first kappa shape index (κ1) is 14.6. The van der Waals surface area contributed by atoms with E-state index in [4.69, 9.17) is 9.84 Å². The minimum atomic E-state index is -0.276. The van der Waals surface area contributed by atoms with Gasteiger partial charge in [-0.05, 0) is 34.0 Å². The highest BCUT2D eigenvalue weighted by molar-refractivity contribution is 9.10. The van der Waals surface area contributed by atoms with E-state index in [1.807, 2.05) is 6.07 Å². The fourth-order valence-electron chi connectivity index (χ4n) is 1.46. The molecule has 17 heavy (non-hydrogen) atoms. The van der Waals surface area contributed by atoms with Crippen molar-refractivity contribution in [2.24, 2.45) is 0 Å². The molecule has 0 spiro atoms. The third-order valence-corrected chi connectivity index (χ3v) is 3.39. The first-order valence-electron chi connectivity index (χ1n) is 5.45. The van der Waals surface area contributed by atoms with Crippen molar-refractivity contribution in [3.05, 3.63) is 34.1 Å². The largest absolute Gasteiger partial charge is 0.395 e. The molecule has 0 amide bonds. The monoisotopic (exact) mass is 305 g/mol. The zero-order valence-corrected chi connectivity index (χ0v) is 11.3. The minimum Gasteiger partial charge on any atom is -0.395 e. The van der Waals surface area contributed by atoms with Crippen molar-refractivity contribution in [1.82, 2.24) is 5.32 Å². The molecule has 0 fully saturated rings. The highest BCUT2D eigenvalue weighted by Gasteiger charge is 2.09. The van der Waals surface area contributed by atoms with E-state index in [9.17, 15) is 4.39 Å². The second kappa shape index (κ2) is 7.76. The Bertz CT molecular complexity index is 349. The van der Waals surface area contributed by atoms with Crippen molar-refractivity contribution in [2.45, 2.75) is 19.0 Å². The Labute approximate surface area is 109 Å². The Morgan fingerprint density at radius 1 is 1.53 bits per heavy atom. The van der Waals surface area contributed by atoms with Gasteiger partial charge in [0.2, 0.25) is 0 Å². The number of ether oxygens (including phenoxy) is 1. The van der Waals surface area contributed by atoms with Crippen molar-refractivity contribution in [3.8, 4) is 0 Å². The maximum Gasteiger partial charge on any atom is 0.137 e. The fraction of sp³-hybridized carbons (Fsp3) is 0.500. The van der Waals surface area contributed by atoms with E-state index in [1.54, 1.807) is 13.2 Å². The van der Waals surface area contributed by atoms with Crippen molar-refractivity contribution in [2.75, 3.05) is 20.3 Å². The fourth-order valence-corrected chi connectivity index (χ4v) is 1.86. The molecule has 0 aliphatic heterocycles. The Morgan fingerprint density at radius 2 is 2.29 bits per heavy atom. The van der Waals surface area contributed by atoms with E-state index in [1.165, 1.54) is 6.07 Å². The second-order valence-electron chi connectivity index (χ2n) is 3.75. The topological polar surface area (TPSA) is 41.5 Å². The zero-order chi connectivity index (χ0) is 12.7. The van der Waals surface area contributed by atoms with E-state index in [2.05, 4.69) is 21.2 Å². The molecule has 1 aromatic rings. The highest BCUT2D eigenvalue weighted by atomic mass is 79.9. The molecular formula is C12H17BrFNO2. The Hall–Kier alpha value is -0.490. The number of rotatable bonds is 7. The van der Waals surface area contributed by atoms with Crippen molar-refractivity contribution in [3.63, 3.8) is 0 Å². The molecule has 0 saturated carbocycles. The SMILES string of the molecule is COCCC(CO)NCc1cccc(F)c1Br. The van der Waals surface area contributed by atoms with E-state index < -0.39 is 0 Å². The van der Waals surface area contributed by atoms with Crippen LogP contribution < -0.4 is 5.32 Å². The number of nitrogens with one attached hydrogen (secondary N) is 1. The van der Waals surface area contributed by atoms with Gasteiger partial charge in [-0.2, -0.15) is 0 Å². The summed E-state index contributed by atoms with van der Waals surface area (Å²) in [5.41, 5.74) is 0.834. The number of aliphatic hydroxyl groups excluding tert-OH is 1. The lowest BCUT2D eigenvalue weighted by Crippen LogP contribution is -2.33. The maximum absolute atomic E-state index is 13.2. The molecule has 1 rings (SSSR count). The molecule has 0 saturated heterocycles. The molecule has 3 nitrogen and oxygen atoms in total. The molecule has 5 heteroatoms. The van der Waals surface area contributed by atoms with Gasteiger partial charge in [-0.15, -0.1) is 0 Å². The van der Waals surface area contributed by atoms with Crippen LogP contribution in [0.15, 0.2) is 22.7 Å². The number of hydrogen-bond donors (Lipinski definition) is 2. The van der Waals surface area contributed by atoms with Crippen LogP contribution in [0.25, 0.3) is 0 Å². The lowest BCUT2D eigenvalue weighted by Gasteiger charge is -2.16. The van der Waals surface area contributed by atoms with E-state index in [0.717, 1.165) is 12.0 Å². The van der Waals surface area contributed by atoms with Crippen LogP contribution in [0.4, 0.5) is 4.39 Å². The summed E-state index contributed by atoms with van der Waals surface area (Å²) in [6, 6.07) is 4.87. The highest BCUT2D eigenvalue weighted by Crippen LogP contribution is 2.20. The number of hydrogen-bond acceptors (Lipinski definition) is 3. The predicted molar refractivity (Wildman–Crippen MR) is 68.3 cm³/mol. The Morgan fingerprint density at radius 3 is 2.94 bits per heavy atom. The van der Waals surface area contributed by atoms with Crippen molar-refractivity contribution < 1.29 is 14.2 Å². The molecule has 0 heterocycles. The number of benzene rings is 1. The average molecular weight is 306 g/mol. The summed E-state index contributed by atoms with van der Waals surface area (Å²) in [6.45, 7) is 1.13. The standard InChI is InChI=1S/C12H17BrFNO2/c1-17-6-5-10(8-16)15-7-9-3-2-4-11(14)12(9)13/h2-4,10,15-16H,5-8H2,1H3. The molecule has 0 bridgehead atoms. The van der Waals surface area contributed by atoms with Crippen molar-refractivity contribution in [1.29, 1.82) is 0 Å². The van der Waals surface area contributed by atoms with Gasteiger partial charge >= 0.3 is 0 Å². The lowest BCUT2D eigenvalue weighted by molar-refractivity contribution is 0.159. The van der Waals surface area contributed by atoms with E-state index >= 15 is 0 Å². The average Bonchev–Trinajstić information content (AvgIpc) is 2.34. The van der Waals surface area contributed by atoms with Crippen LogP contribution in [-0.2, 0) is 11.3 Å². The number of halogens is 2. The predicted octanol–water partition coefficient (Wildman–Crippen LogP) is 2.08. The third kappa shape index (κ3) is 4.71. The van der Waals surface area contributed by atoms with E-state index in [-0.39, 0.29) is 18.5 Å². The van der Waals surface area contributed by atoms with Gasteiger partial charge in [0, 0.05) is 26.3 Å². The third-order valence-electron chi connectivity index (χ3n) is 2.50. The lowest BCUT2D eigenvalue weighted by atomic mass is 10.2. The Kier molecular flexibility index (Phi) is 6.65. The van der Waals surface area contributed by atoms with Gasteiger partial charge in [0.05, 0.1) is 11.1 Å². The van der Waals surface area contributed by atoms with E-state index in [0.29, 0.717) is 17.6 Å². The van der Waals surface area contributed by atoms with Gasteiger partial charge in [-0.25, -0.2) is 4.39 Å². The maximum atomic E-state index is 13.2. The molecule has 0 aliphatic carbocycles. The minimum absolute atomic E-state index is 0.0369. The van der Waals surface area contributed by atoms with Gasteiger partial charge < -0.3 is 15.2 Å². The van der Waals surface area contributed by atoms with Crippen LogP contribution in [0, 0.1) is 5.82 Å². The van der Waals surface area contributed by atoms with Crippen LogP contribution in [-0.4, -0.2) is 31.5 Å². The summed E-state index contributed by atoms with van der Waals surface area (Å²) in [7, 11) is 1.62. The summed E-state index contributed by atoms with van der Waals surface area (Å²) in [5.74, 6) is -0.276. The number of methoxy groups -OCH3 is 1. The molecule has 1 atom stereocenters. The van der Waals surface area contributed by atoms with Crippen LogP contribution in [0.5, 0.6) is 0 Å². The molecule has 0 radical (unpaired) electrons. The first-order chi connectivity index (χ1) is 8.19. The summed E-state index contributed by atoms with van der Waals surface area (Å²) >= 11 is 3.20. The van der Waals surface area contributed by atoms with Crippen LogP contribution in [0.3, 0.4) is 0 Å². The quantitative estimate of drug-likeness (QED) is 0.810. The summed E-state index contributed by atoms with van der Waals surface area (Å²) in [6.07, 6.45) is 0.722. The molecule has 96 valence electrons. The Balaban J connectivity index is 2.50. The second-order valence-corrected chi connectivity index (χ2v) is 4.55. The van der Waals surface area contributed by atoms with Crippen LogP contribution in [0.1, 0.15) is 12.0 Å². The molecule has 1 unspecified atom stereocenters. The van der Waals surface area contributed by atoms with Crippen LogP contribution in [0.2, 0.25) is 0 Å². The molecule has 0 aliphatic rings. The van der Waals surface area contributed by atoms with Gasteiger partial charge in [-0.1, -0.05) is 12.1 Å². The van der Waals surface area contributed by atoms with Gasteiger partial charge in [0.1, 0.15) is 5.82 Å². The molecule has 2 N–H and O–H groups in total. The normalized spacial score (nSPS) is 12.7.